The van der Waals surface area contributed by atoms with Gasteiger partial charge in [-0.2, -0.15) is 0 Å². The van der Waals surface area contributed by atoms with E-state index in [1.54, 1.807) is 0 Å². The van der Waals surface area contributed by atoms with Gasteiger partial charge in [-0.25, -0.2) is 0 Å². The lowest BCUT2D eigenvalue weighted by Gasteiger charge is -2.27. The van der Waals surface area contributed by atoms with Gasteiger partial charge < -0.3 is 10.6 Å². The van der Waals surface area contributed by atoms with Crippen molar-refractivity contribution in [3.05, 3.63) is 0 Å². The van der Waals surface area contributed by atoms with E-state index in [4.69, 9.17) is 0 Å². The molecule has 2 aliphatic rings. The molecule has 1 aliphatic carbocycles. The topological polar surface area (TPSA) is 41.1 Å². The van der Waals surface area contributed by atoms with Crippen molar-refractivity contribution in [3.63, 3.8) is 0 Å². The van der Waals surface area contributed by atoms with Crippen LogP contribution in [0.3, 0.4) is 0 Å². The minimum atomic E-state index is -0.0197. The van der Waals surface area contributed by atoms with Gasteiger partial charge in [0.05, 0.1) is 0 Å². The molecule has 3 heteroatoms. The van der Waals surface area contributed by atoms with Crippen LogP contribution in [-0.4, -0.2) is 25.5 Å². The molecule has 0 spiro atoms. The first-order valence-corrected chi connectivity index (χ1v) is 7.76. The maximum Gasteiger partial charge on any atom is 0.226 e. The van der Waals surface area contributed by atoms with Gasteiger partial charge in [0.1, 0.15) is 0 Å². The van der Waals surface area contributed by atoms with Gasteiger partial charge in [0, 0.05) is 12.0 Å². The Hall–Kier alpha value is -0.570. The Labute approximate surface area is 111 Å². The molecular weight excluding hydrogens is 224 g/mol. The molecule has 1 aliphatic heterocycles. The third kappa shape index (κ3) is 3.25. The highest BCUT2D eigenvalue weighted by atomic mass is 16.2. The molecule has 0 atom stereocenters. The summed E-state index contributed by atoms with van der Waals surface area (Å²) in [5.74, 6) is 1.14. The molecule has 0 unspecified atom stereocenters. The van der Waals surface area contributed by atoms with Crippen molar-refractivity contribution >= 4 is 5.91 Å². The highest BCUT2D eigenvalue weighted by molar-refractivity contribution is 5.82. The monoisotopic (exact) mass is 252 g/mol. The summed E-state index contributed by atoms with van der Waals surface area (Å²) in [6, 6.07) is 0. The van der Waals surface area contributed by atoms with Crippen LogP contribution in [0, 0.1) is 11.3 Å². The van der Waals surface area contributed by atoms with E-state index in [1.165, 1.54) is 25.7 Å². The van der Waals surface area contributed by atoms with Gasteiger partial charge in [0.2, 0.25) is 5.91 Å². The normalized spacial score (nSPS) is 24.1. The van der Waals surface area contributed by atoms with Gasteiger partial charge in [0.15, 0.2) is 0 Å². The SMILES string of the molecule is CCC1(C(=O)NCCC2CCNCC2)CCCC1. The summed E-state index contributed by atoms with van der Waals surface area (Å²) >= 11 is 0. The third-order valence-corrected chi connectivity index (χ3v) is 5.02. The van der Waals surface area contributed by atoms with Crippen LogP contribution < -0.4 is 10.6 Å². The van der Waals surface area contributed by atoms with Crippen molar-refractivity contribution in [1.29, 1.82) is 0 Å². The summed E-state index contributed by atoms with van der Waals surface area (Å²) in [6.45, 7) is 5.35. The number of hydrogen-bond donors (Lipinski definition) is 2. The Morgan fingerprint density at radius 1 is 1.28 bits per heavy atom. The van der Waals surface area contributed by atoms with Crippen LogP contribution >= 0.6 is 0 Å². The summed E-state index contributed by atoms with van der Waals surface area (Å²) in [4.78, 5) is 12.3. The van der Waals surface area contributed by atoms with Crippen molar-refractivity contribution in [3.8, 4) is 0 Å². The lowest BCUT2D eigenvalue weighted by atomic mass is 9.82. The number of nitrogens with one attached hydrogen (secondary N) is 2. The molecule has 2 fully saturated rings. The average Bonchev–Trinajstić information content (AvgIpc) is 2.90. The van der Waals surface area contributed by atoms with Crippen molar-refractivity contribution in [2.45, 2.75) is 58.3 Å². The first-order chi connectivity index (χ1) is 8.77. The largest absolute Gasteiger partial charge is 0.356 e. The zero-order valence-corrected chi connectivity index (χ0v) is 11.8. The maximum absolute atomic E-state index is 12.3. The molecule has 0 bridgehead atoms. The van der Waals surface area contributed by atoms with Crippen LogP contribution in [0.5, 0.6) is 0 Å². The van der Waals surface area contributed by atoms with Gasteiger partial charge in [0.25, 0.3) is 0 Å². The second-order valence-corrected chi connectivity index (χ2v) is 6.08. The molecule has 1 saturated carbocycles. The molecule has 2 rings (SSSR count). The fraction of sp³-hybridized carbons (Fsp3) is 0.933. The van der Waals surface area contributed by atoms with E-state index in [1.807, 2.05) is 0 Å². The van der Waals surface area contributed by atoms with Crippen LogP contribution in [0.15, 0.2) is 0 Å². The second kappa shape index (κ2) is 6.55. The molecular formula is C15H28N2O. The second-order valence-electron chi connectivity index (χ2n) is 6.08. The first kappa shape index (κ1) is 13.9. The number of hydrogen-bond acceptors (Lipinski definition) is 2. The number of carbonyl (C=O) groups excluding carboxylic acids is 1. The smallest absolute Gasteiger partial charge is 0.226 e. The van der Waals surface area contributed by atoms with Gasteiger partial charge in [-0.1, -0.05) is 19.8 Å². The molecule has 1 heterocycles. The van der Waals surface area contributed by atoms with Crippen molar-refractivity contribution in [2.75, 3.05) is 19.6 Å². The van der Waals surface area contributed by atoms with Crippen molar-refractivity contribution in [2.24, 2.45) is 11.3 Å². The van der Waals surface area contributed by atoms with Crippen LogP contribution in [-0.2, 0) is 4.79 Å². The molecule has 1 amide bonds. The third-order valence-electron chi connectivity index (χ3n) is 5.02. The van der Waals surface area contributed by atoms with Gasteiger partial charge >= 0.3 is 0 Å². The Morgan fingerprint density at radius 2 is 1.94 bits per heavy atom. The summed E-state index contributed by atoms with van der Waals surface area (Å²) in [5, 5.41) is 6.59. The predicted molar refractivity (Wildman–Crippen MR) is 74.4 cm³/mol. The average molecular weight is 252 g/mol. The zero-order valence-electron chi connectivity index (χ0n) is 11.8. The summed E-state index contributed by atoms with van der Waals surface area (Å²) in [7, 11) is 0. The fourth-order valence-corrected chi connectivity index (χ4v) is 3.54. The molecule has 0 aromatic rings. The quantitative estimate of drug-likeness (QED) is 0.789. The Balaban J connectivity index is 1.70. The van der Waals surface area contributed by atoms with Gasteiger partial charge in [-0.3, -0.25) is 4.79 Å². The highest BCUT2D eigenvalue weighted by Gasteiger charge is 2.38. The highest BCUT2D eigenvalue weighted by Crippen LogP contribution is 2.41. The molecule has 0 aromatic carbocycles. The van der Waals surface area contributed by atoms with Crippen molar-refractivity contribution in [1.82, 2.24) is 10.6 Å². The predicted octanol–water partition coefficient (Wildman–Crippen LogP) is 2.46. The van der Waals surface area contributed by atoms with Crippen LogP contribution in [0.25, 0.3) is 0 Å². The zero-order chi connectivity index (χ0) is 12.8. The minimum Gasteiger partial charge on any atom is -0.356 e. The Morgan fingerprint density at radius 3 is 2.56 bits per heavy atom. The minimum absolute atomic E-state index is 0.0197. The molecule has 0 radical (unpaired) electrons. The van der Waals surface area contributed by atoms with Gasteiger partial charge in [-0.05, 0) is 57.5 Å². The molecule has 2 N–H and O–H groups in total. The van der Waals surface area contributed by atoms with E-state index in [-0.39, 0.29) is 5.41 Å². The van der Waals surface area contributed by atoms with Crippen LogP contribution in [0.1, 0.15) is 58.3 Å². The molecule has 1 saturated heterocycles. The van der Waals surface area contributed by atoms with E-state index in [9.17, 15) is 4.79 Å². The van der Waals surface area contributed by atoms with E-state index in [0.717, 1.165) is 51.2 Å². The summed E-state index contributed by atoms with van der Waals surface area (Å²) < 4.78 is 0. The van der Waals surface area contributed by atoms with Crippen molar-refractivity contribution < 1.29 is 4.79 Å². The van der Waals surface area contributed by atoms with E-state index >= 15 is 0 Å². The van der Waals surface area contributed by atoms with Crippen LogP contribution in [0.2, 0.25) is 0 Å². The number of carbonyl (C=O) groups is 1. The standard InChI is InChI=1S/C15H28N2O/c1-2-15(8-3-4-9-15)14(18)17-12-7-13-5-10-16-11-6-13/h13,16H,2-12H2,1H3,(H,17,18). The van der Waals surface area contributed by atoms with E-state index < -0.39 is 0 Å². The molecule has 104 valence electrons. The molecule has 18 heavy (non-hydrogen) atoms. The lowest BCUT2D eigenvalue weighted by molar-refractivity contribution is -0.131. The summed E-state index contributed by atoms with van der Waals surface area (Å²) in [5.41, 5.74) is -0.0197. The molecule has 0 aromatic heterocycles. The van der Waals surface area contributed by atoms with E-state index in [0.29, 0.717) is 5.91 Å². The van der Waals surface area contributed by atoms with E-state index in [2.05, 4.69) is 17.6 Å². The summed E-state index contributed by atoms with van der Waals surface area (Å²) in [6.07, 6.45) is 9.37. The Kier molecular flexibility index (Phi) is 5.04. The number of amides is 1. The van der Waals surface area contributed by atoms with Gasteiger partial charge in [-0.15, -0.1) is 0 Å². The van der Waals surface area contributed by atoms with Crippen LogP contribution in [0.4, 0.5) is 0 Å². The lowest BCUT2D eigenvalue weighted by Crippen LogP contribution is -2.40. The number of rotatable bonds is 5. The fourth-order valence-electron chi connectivity index (χ4n) is 3.54. The molecule has 3 nitrogen and oxygen atoms in total. The first-order valence-electron chi connectivity index (χ1n) is 7.76. The Bertz CT molecular complexity index is 266. The maximum atomic E-state index is 12.3. The number of piperidine rings is 1.